The summed E-state index contributed by atoms with van der Waals surface area (Å²) < 4.78 is 1.82. The Morgan fingerprint density at radius 2 is 1.79 bits per heavy atom. The summed E-state index contributed by atoms with van der Waals surface area (Å²) in [6.45, 7) is 8.26. The van der Waals surface area contributed by atoms with Gasteiger partial charge >= 0.3 is 0 Å². The first-order valence-electron chi connectivity index (χ1n) is 11.2. The molecule has 176 valence electrons. The number of amides is 2. The smallest absolute Gasteiger partial charge is 0.257 e. The van der Waals surface area contributed by atoms with Gasteiger partial charge in [-0.2, -0.15) is 5.10 Å². The molecule has 8 heteroatoms. The second-order valence-electron chi connectivity index (χ2n) is 8.82. The number of hydrogen-bond donors (Lipinski definition) is 1. The SMILES string of the molecule is Cc1ccc(NC(=S)N(Cc2c(C)nn(C)c2C)C2CC(=O)N(c3cccc(C)c3)C2=O)cc1. The van der Waals surface area contributed by atoms with Crippen molar-refractivity contribution in [3.63, 3.8) is 0 Å². The first-order chi connectivity index (χ1) is 16.2. The Kier molecular flexibility index (Phi) is 6.52. The van der Waals surface area contributed by atoms with Crippen molar-refractivity contribution in [1.29, 1.82) is 0 Å². The highest BCUT2D eigenvalue weighted by Crippen LogP contribution is 2.29. The van der Waals surface area contributed by atoms with E-state index in [4.69, 9.17) is 12.2 Å². The van der Waals surface area contributed by atoms with Gasteiger partial charge in [0.2, 0.25) is 5.91 Å². The van der Waals surface area contributed by atoms with Gasteiger partial charge in [0.15, 0.2) is 5.11 Å². The fourth-order valence-corrected chi connectivity index (χ4v) is 4.58. The molecule has 4 rings (SSSR count). The minimum absolute atomic E-state index is 0.0564. The molecule has 1 atom stereocenters. The Labute approximate surface area is 205 Å². The van der Waals surface area contributed by atoms with E-state index in [1.807, 2.05) is 86.8 Å². The Morgan fingerprint density at radius 3 is 2.41 bits per heavy atom. The van der Waals surface area contributed by atoms with Crippen LogP contribution in [0.15, 0.2) is 48.5 Å². The molecule has 2 amide bonds. The molecule has 1 fully saturated rings. The number of anilines is 2. The van der Waals surface area contributed by atoms with Crippen LogP contribution in [-0.4, -0.2) is 37.6 Å². The van der Waals surface area contributed by atoms with E-state index in [0.29, 0.717) is 17.3 Å². The van der Waals surface area contributed by atoms with Crippen molar-refractivity contribution in [2.24, 2.45) is 7.05 Å². The lowest BCUT2D eigenvalue weighted by Crippen LogP contribution is -2.46. The zero-order valence-corrected chi connectivity index (χ0v) is 20.9. The molecule has 34 heavy (non-hydrogen) atoms. The predicted octanol–water partition coefficient (Wildman–Crippen LogP) is 4.18. The van der Waals surface area contributed by atoms with E-state index < -0.39 is 6.04 Å². The van der Waals surface area contributed by atoms with E-state index in [1.54, 1.807) is 6.07 Å². The molecule has 0 radical (unpaired) electrons. The summed E-state index contributed by atoms with van der Waals surface area (Å²) in [7, 11) is 1.89. The summed E-state index contributed by atoms with van der Waals surface area (Å²) in [5, 5.41) is 8.17. The van der Waals surface area contributed by atoms with Crippen LogP contribution in [0.4, 0.5) is 11.4 Å². The molecule has 1 aliphatic heterocycles. The van der Waals surface area contributed by atoms with E-state index in [2.05, 4.69) is 10.4 Å². The van der Waals surface area contributed by atoms with E-state index in [9.17, 15) is 9.59 Å². The van der Waals surface area contributed by atoms with Crippen molar-refractivity contribution in [1.82, 2.24) is 14.7 Å². The van der Waals surface area contributed by atoms with Crippen molar-refractivity contribution in [3.8, 4) is 0 Å². The fourth-order valence-electron chi connectivity index (χ4n) is 4.27. The quantitative estimate of drug-likeness (QED) is 0.441. The molecule has 0 saturated carbocycles. The van der Waals surface area contributed by atoms with Gasteiger partial charge in [0.05, 0.1) is 17.8 Å². The number of carbonyl (C=O) groups excluding carboxylic acids is 2. The number of rotatable bonds is 5. The van der Waals surface area contributed by atoms with Crippen LogP contribution >= 0.6 is 12.2 Å². The van der Waals surface area contributed by atoms with Crippen LogP contribution in [0, 0.1) is 27.7 Å². The van der Waals surface area contributed by atoms with Gasteiger partial charge in [-0.05, 0) is 69.7 Å². The molecule has 1 saturated heterocycles. The van der Waals surface area contributed by atoms with Crippen molar-refractivity contribution in [2.75, 3.05) is 10.2 Å². The summed E-state index contributed by atoms with van der Waals surface area (Å²) in [6.07, 6.45) is 0.0564. The molecular weight excluding hydrogens is 446 g/mol. The van der Waals surface area contributed by atoms with Crippen molar-refractivity contribution >= 4 is 40.5 Å². The third-order valence-corrected chi connectivity index (χ3v) is 6.65. The maximum absolute atomic E-state index is 13.6. The van der Waals surface area contributed by atoms with Gasteiger partial charge in [0.25, 0.3) is 5.91 Å². The highest BCUT2D eigenvalue weighted by molar-refractivity contribution is 7.80. The van der Waals surface area contributed by atoms with Crippen LogP contribution in [0.3, 0.4) is 0 Å². The molecule has 1 aromatic heterocycles. The van der Waals surface area contributed by atoms with Crippen LogP contribution in [0.5, 0.6) is 0 Å². The number of hydrogen-bond acceptors (Lipinski definition) is 4. The van der Waals surface area contributed by atoms with E-state index in [-0.39, 0.29) is 18.2 Å². The maximum atomic E-state index is 13.6. The lowest BCUT2D eigenvalue weighted by molar-refractivity contribution is -0.122. The van der Waals surface area contributed by atoms with Gasteiger partial charge in [-0.25, -0.2) is 4.90 Å². The Balaban J connectivity index is 1.68. The number of imide groups is 1. The minimum Gasteiger partial charge on any atom is -0.333 e. The average Bonchev–Trinajstić information content (AvgIpc) is 3.21. The third kappa shape index (κ3) is 4.59. The highest BCUT2D eigenvalue weighted by atomic mass is 32.1. The monoisotopic (exact) mass is 475 g/mol. The normalized spacial score (nSPS) is 15.7. The van der Waals surface area contributed by atoms with Gasteiger partial charge in [-0.3, -0.25) is 14.3 Å². The summed E-state index contributed by atoms with van der Waals surface area (Å²) in [4.78, 5) is 29.7. The summed E-state index contributed by atoms with van der Waals surface area (Å²) in [6, 6.07) is 14.6. The van der Waals surface area contributed by atoms with Crippen LogP contribution in [0.25, 0.3) is 0 Å². The molecule has 1 N–H and O–H groups in total. The van der Waals surface area contributed by atoms with E-state index in [1.165, 1.54) is 4.90 Å². The summed E-state index contributed by atoms with van der Waals surface area (Å²) >= 11 is 5.79. The van der Waals surface area contributed by atoms with Crippen molar-refractivity contribution in [2.45, 2.75) is 46.7 Å². The zero-order chi connectivity index (χ0) is 24.6. The Morgan fingerprint density at radius 1 is 1.09 bits per heavy atom. The second kappa shape index (κ2) is 9.38. The average molecular weight is 476 g/mol. The maximum Gasteiger partial charge on any atom is 0.257 e. The number of thiocarbonyl (C=S) groups is 1. The van der Waals surface area contributed by atoms with Crippen molar-refractivity contribution < 1.29 is 9.59 Å². The first-order valence-corrected chi connectivity index (χ1v) is 11.6. The third-order valence-electron chi connectivity index (χ3n) is 6.31. The summed E-state index contributed by atoms with van der Waals surface area (Å²) in [5.41, 5.74) is 6.39. The molecule has 0 aliphatic carbocycles. The van der Waals surface area contributed by atoms with Gasteiger partial charge in [-0.1, -0.05) is 29.8 Å². The lowest BCUT2D eigenvalue weighted by atomic mass is 10.1. The minimum atomic E-state index is -0.711. The molecule has 7 nitrogen and oxygen atoms in total. The standard InChI is InChI=1S/C26H29N5O2S/c1-16-9-11-20(12-10-16)27-26(34)30(15-22-18(3)28-29(5)19(22)4)23-14-24(32)31(25(23)33)21-8-6-7-17(2)13-21/h6-13,23H,14-15H2,1-5H3,(H,27,34). The Bertz CT molecular complexity index is 1260. The number of nitrogens with one attached hydrogen (secondary N) is 1. The molecular formula is C26H29N5O2S. The fraction of sp³-hybridized carbons (Fsp3) is 0.308. The zero-order valence-electron chi connectivity index (χ0n) is 20.1. The number of nitrogens with zero attached hydrogens (tertiary/aromatic N) is 4. The number of carbonyl (C=O) groups is 2. The second-order valence-corrected chi connectivity index (χ2v) is 9.21. The van der Waals surface area contributed by atoms with E-state index in [0.717, 1.165) is 33.8 Å². The number of aromatic nitrogens is 2. The van der Waals surface area contributed by atoms with E-state index >= 15 is 0 Å². The topological polar surface area (TPSA) is 70.5 Å². The predicted molar refractivity (Wildman–Crippen MR) is 138 cm³/mol. The highest BCUT2D eigenvalue weighted by Gasteiger charge is 2.44. The van der Waals surface area contributed by atoms with Crippen LogP contribution in [0.2, 0.25) is 0 Å². The van der Waals surface area contributed by atoms with Gasteiger partial charge < -0.3 is 10.2 Å². The first kappa shape index (κ1) is 23.6. The number of benzene rings is 2. The molecule has 0 bridgehead atoms. The molecule has 2 aromatic carbocycles. The van der Waals surface area contributed by atoms with Crippen LogP contribution < -0.4 is 10.2 Å². The largest absolute Gasteiger partial charge is 0.333 e. The Hall–Kier alpha value is -3.52. The van der Waals surface area contributed by atoms with Crippen LogP contribution in [-0.2, 0) is 23.2 Å². The molecule has 0 spiro atoms. The number of aryl methyl sites for hydroxylation is 4. The van der Waals surface area contributed by atoms with Gasteiger partial charge in [-0.15, -0.1) is 0 Å². The van der Waals surface area contributed by atoms with Gasteiger partial charge in [0, 0.05) is 30.5 Å². The molecule has 1 unspecified atom stereocenters. The van der Waals surface area contributed by atoms with Gasteiger partial charge in [0.1, 0.15) is 6.04 Å². The van der Waals surface area contributed by atoms with Crippen molar-refractivity contribution in [3.05, 3.63) is 76.6 Å². The summed E-state index contributed by atoms with van der Waals surface area (Å²) in [5.74, 6) is -0.508. The molecule has 1 aliphatic rings. The lowest BCUT2D eigenvalue weighted by Gasteiger charge is -2.30. The van der Waals surface area contributed by atoms with Crippen LogP contribution in [0.1, 0.15) is 34.5 Å². The molecule has 3 aromatic rings. The molecule has 2 heterocycles.